The van der Waals surface area contributed by atoms with E-state index in [9.17, 15) is 14.0 Å². The topological polar surface area (TPSA) is 77.8 Å². The smallest absolute Gasteiger partial charge is 0.291 e. The van der Waals surface area contributed by atoms with Crippen molar-refractivity contribution in [1.29, 1.82) is 0 Å². The van der Waals surface area contributed by atoms with E-state index in [4.69, 9.17) is 25.5 Å². The van der Waals surface area contributed by atoms with Crippen molar-refractivity contribution < 1.29 is 23.1 Å². The summed E-state index contributed by atoms with van der Waals surface area (Å²) in [6, 6.07) is 7.87. The van der Waals surface area contributed by atoms with Crippen molar-refractivity contribution in [1.82, 2.24) is 0 Å². The fraction of sp³-hybridized carbons (Fsp3) is 0.111. The van der Waals surface area contributed by atoms with Gasteiger partial charge in [-0.25, -0.2) is 4.39 Å². The van der Waals surface area contributed by atoms with Crippen molar-refractivity contribution in [3.63, 3.8) is 0 Å². The van der Waals surface area contributed by atoms with E-state index >= 15 is 0 Å². The maximum absolute atomic E-state index is 13.9. The van der Waals surface area contributed by atoms with E-state index in [1.807, 2.05) is 0 Å². The average Bonchev–Trinajstić information content (AvgIpc) is 2.62. The third-order valence-corrected chi connectivity index (χ3v) is 3.87. The first-order chi connectivity index (χ1) is 12.4. The highest BCUT2D eigenvalue weighted by Crippen LogP contribution is 2.32. The number of carbonyl (C=O) groups excluding carboxylic acids is 1. The Hall–Kier alpha value is -3.06. The molecule has 0 fully saturated rings. The predicted octanol–water partition coefficient (Wildman–Crippen LogP) is 3.86. The molecule has 134 valence electrons. The summed E-state index contributed by atoms with van der Waals surface area (Å²) in [4.78, 5) is 24.6. The quantitative estimate of drug-likeness (QED) is 0.747. The second kappa shape index (κ2) is 7.05. The fourth-order valence-corrected chi connectivity index (χ4v) is 2.55. The largest absolute Gasteiger partial charge is 0.494 e. The van der Waals surface area contributed by atoms with Crippen LogP contribution in [0.3, 0.4) is 0 Å². The number of benzene rings is 2. The van der Waals surface area contributed by atoms with Gasteiger partial charge in [-0.1, -0.05) is 11.6 Å². The van der Waals surface area contributed by atoms with Gasteiger partial charge in [-0.3, -0.25) is 9.59 Å². The summed E-state index contributed by atoms with van der Waals surface area (Å²) in [7, 11) is 2.67. The van der Waals surface area contributed by atoms with Crippen molar-refractivity contribution in [2.75, 3.05) is 19.5 Å². The molecule has 3 rings (SSSR count). The Morgan fingerprint density at radius 1 is 1.12 bits per heavy atom. The molecule has 0 radical (unpaired) electrons. The van der Waals surface area contributed by atoms with Crippen molar-refractivity contribution in [3.8, 4) is 11.5 Å². The van der Waals surface area contributed by atoms with Gasteiger partial charge in [0.1, 0.15) is 11.3 Å². The van der Waals surface area contributed by atoms with Crippen molar-refractivity contribution in [3.05, 3.63) is 63.2 Å². The number of hydrogen-bond acceptors (Lipinski definition) is 5. The second-order valence-electron chi connectivity index (χ2n) is 5.26. The number of halogens is 2. The monoisotopic (exact) mass is 377 g/mol. The van der Waals surface area contributed by atoms with E-state index in [0.29, 0.717) is 5.02 Å². The van der Waals surface area contributed by atoms with Crippen LogP contribution < -0.4 is 20.2 Å². The molecule has 3 aromatic rings. The van der Waals surface area contributed by atoms with Crippen LogP contribution in [0.2, 0.25) is 5.02 Å². The summed E-state index contributed by atoms with van der Waals surface area (Å²) in [6.45, 7) is 0. The molecule has 0 aliphatic heterocycles. The minimum absolute atomic E-state index is 0.0334. The third-order valence-electron chi connectivity index (χ3n) is 3.64. The molecule has 1 aromatic heterocycles. The number of amides is 1. The van der Waals surface area contributed by atoms with E-state index in [2.05, 4.69) is 5.32 Å². The average molecular weight is 378 g/mol. The summed E-state index contributed by atoms with van der Waals surface area (Å²) in [5.74, 6) is -1.50. The maximum atomic E-state index is 13.9. The van der Waals surface area contributed by atoms with Gasteiger partial charge in [0.05, 0.1) is 25.3 Å². The standard InChI is InChI=1S/C18H13ClFNO5/c1-24-15-8-16(25-2)12(6-11(15)20)21-18(23)17-7-13(22)10-5-9(19)3-4-14(10)26-17/h3-8H,1-2H3,(H,21,23). The number of fused-ring (bicyclic) bond motifs is 1. The number of anilines is 1. The normalized spacial score (nSPS) is 10.6. The molecule has 1 heterocycles. The zero-order chi connectivity index (χ0) is 18.8. The molecule has 0 bridgehead atoms. The van der Waals surface area contributed by atoms with E-state index < -0.39 is 17.2 Å². The first kappa shape index (κ1) is 17.8. The number of ether oxygens (including phenoxy) is 2. The molecule has 2 aromatic carbocycles. The molecule has 6 nitrogen and oxygen atoms in total. The van der Waals surface area contributed by atoms with E-state index in [-0.39, 0.29) is 33.9 Å². The zero-order valence-corrected chi connectivity index (χ0v) is 14.5. The van der Waals surface area contributed by atoms with Gasteiger partial charge in [0, 0.05) is 23.2 Å². The summed E-state index contributed by atoms with van der Waals surface area (Å²) in [5, 5.41) is 3.08. The molecule has 0 saturated heterocycles. The van der Waals surface area contributed by atoms with Crippen LogP contribution in [-0.2, 0) is 0 Å². The van der Waals surface area contributed by atoms with Gasteiger partial charge in [-0.15, -0.1) is 0 Å². The molecular formula is C18H13ClFNO5. The molecule has 0 spiro atoms. The molecule has 0 atom stereocenters. The van der Waals surface area contributed by atoms with Crippen LogP contribution in [0, 0.1) is 5.82 Å². The van der Waals surface area contributed by atoms with Crippen LogP contribution >= 0.6 is 11.6 Å². The first-order valence-corrected chi connectivity index (χ1v) is 7.77. The Morgan fingerprint density at radius 2 is 1.85 bits per heavy atom. The Bertz CT molecular complexity index is 1060. The van der Waals surface area contributed by atoms with Gasteiger partial charge in [0.25, 0.3) is 5.91 Å². The Balaban J connectivity index is 1.98. The van der Waals surface area contributed by atoms with Gasteiger partial charge < -0.3 is 19.2 Å². The van der Waals surface area contributed by atoms with Crippen LogP contribution in [0.15, 0.2) is 45.6 Å². The number of carbonyl (C=O) groups is 1. The summed E-state index contributed by atoms with van der Waals surface area (Å²) >= 11 is 5.85. The molecule has 26 heavy (non-hydrogen) atoms. The lowest BCUT2D eigenvalue weighted by Crippen LogP contribution is -2.15. The van der Waals surface area contributed by atoms with Gasteiger partial charge in [0.15, 0.2) is 22.8 Å². The van der Waals surface area contributed by atoms with E-state index in [1.165, 1.54) is 38.5 Å². The Kier molecular flexibility index (Phi) is 4.81. The number of rotatable bonds is 4. The van der Waals surface area contributed by atoms with Crippen LogP contribution in [0.1, 0.15) is 10.6 Å². The summed E-state index contributed by atoms with van der Waals surface area (Å²) in [5.41, 5.74) is -0.152. The highest BCUT2D eigenvalue weighted by Gasteiger charge is 2.17. The van der Waals surface area contributed by atoms with Crippen LogP contribution in [-0.4, -0.2) is 20.1 Å². The summed E-state index contributed by atoms with van der Waals surface area (Å²) in [6.07, 6.45) is 0. The van der Waals surface area contributed by atoms with E-state index in [1.54, 1.807) is 0 Å². The number of hydrogen-bond donors (Lipinski definition) is 1. The third kappa shape index (κ3) is 3.34. The van der Waals surface area contributed by atoms with Gasteiger partial charge in [-0.05, 0) is 18.2 Å². The first-order valence-electron chi connectivity index (χ1n) is 7.39. The Morgan fingerprint density at radius 3 is 2.54 bits per heavy atom. The second-order valence-corrected chi connectivity index (χ2v) is 5.69. The molecule has 1 amide bonds. The SMILES string of the molecule is COc1cc(OC)c(NC(=O)c2cc(=O)c3cc(Cl)ccc3o2)cc1F. The van der Waals surface area contributed by atoms with Crippen molar-refractivity contribution in [2.45, 2.75) is 0 Å². The lowest BCUT2D eigenvalue weighted by Gasteiger charge is -2.12. The van der Waals surface area contributed by atoms with Gasteiger partial charge in [-0.2, -0.15) is 0 Å². The molecule has 0 aliphatic rings. The lowest BCUT2D eigenvalue weighted by atomic mass is 10.2. The zero-order valence-electron chi connectivity index (χ0n) is 13.8. The minimum Gasteiger partial charge on any atom is -0.494 e. The highest BCUT2D eigenvalue weighted by molar-refractivity contribution is 6.31. The fourth-order valence-electron chi connectivity index (χ4n) is 2.38. The van der Waals surface area contributed by atoms with Crippen LogP contribution in [0.4, 0.5) is 10.1 Å². The minimum atomic E-state index is -0.734. The predicted molar refractivity (Wildman–Crippen MR) is 95.0 cm³/mol. The molecular weight excluding hydrogens is 365 g/mol. The van der Waals surface area contributed by atoms with Gasteiger partial charge in [0.2, 0.25) is 0 Å². The molecule has 0 unspecified atom stereocenters. The lowest BCUT2D eigenvalue weighted by molar-refractivity contribution is 0.0996. The number of methoxy groups -OCH3 is 2. The van der Waals surface area contributed by atoms with Crippen LogP contribution in [0.25, 0.3) is 11.0 Å². The Labute approximate surface area is 152 Å². The van der Waals surface area contributed by atoms with Crippen molar-refractivity contribution in [2.24, 2.45) is 0 Å². The van der Waals surface area contributed by atoms with Gasteiger partial charge >= 0.3 is 0 Å². The molecule has 0 aliphatic carbocycles. The summed E-state index contributed by atoms with van der Waals surface area (Å²) < 4.78 is 29.3. The van der Waals surface area contributed by atoms with E-state index in [0.717, 1.165) is 12.1 Å². The molecule has 1 N–H and O–H groups in total. The van der Waals surface area contributed by atoms with Crippen LogP contribution in [0.5, 0.6) is 11.5 Å². The number of nitrogens with one attached hydrogen (secondary N) is 1. The highest BCUT2D eigenvalue weighted by atomic mass is 35.5. The maximum Gasteiger partial charge on any atom is 0.291 e. The van der Waals surface area contributed by atoms with Crippen molar-refractivity contribution >= 4 is 34.2 Å². The molecule has 8 heteroatoms. The molecule has 0 saturated carbocycles.